The Morgan fingerprint density at radius 2 is 1.94 bits per heavy atom. The highest BCUT2D eigenvalue weighted by molar-refractivity contribution is 5.39. The molecular weight excluding hydrogens is 200 g/mol. The molecule has 0 aliphatic heterocycles. The van der Waals surface area contributed by atoms with Crippen LogP contribution < -0.4 is 11.1 Å². The molecule has 4 heteroatoms. The second-order valence-corrected chi connectivity index (χ2v) is 3.78. The van der Waals surface area contributed by atoms with Gasteiger partial charge in [-0.3, -0.25) is 4.68 Å². The number of nitrogens with two attached hydrogens (primary N) is 1. The van der Waals surface area contributed by atoms with E-state index in [4.69, 9.17) is 5.73 Å². The average molecular weight is 216 g/mol. The average Bonchev–Trinajstić information content (AvgIpc) is 2.73. The van der Waals surface area contributed by atoms with Gasteiger partial charge in [0.1, 0.15) is 0 Å². The minimum absolute atomic E-state index is 0.594. The van der Waals surface area contributed by atoms with Gasteiger partial charge in [0, 0.05) is 26.3 Å². The van der Waals surface area contributed by atoms with Gasteiger partial charge in [-0.1, -0.05) is 24.3 Å². The topological polar surface area (TPSA) is 55.9 Å². The Balaban J connectivity index is 1.94. The number of rotatable bonds is 4. The summed E-state index contributed by atoms with van der Waals surface area (Å²) in [7, 11) is 1.90. The molecule has 4 nitrogen and oxygen atoms in total. The monoisotopic (exact) mass is 216 g/mol. The van der Waals surface area contributed by atoms with Crippen LogP contribution in [0.3, 0.4) is 0 Å². The first kappa shape index (κ1) is 10.7. The minimum Gasteiger partial charge on any atom is -0.378 e. The number of nitrogens with one attached hydrogen (secondary N) is 1. The van der Waals surface area contributed by atoms with Gasteiger partial charge in [0.25, 0.3) is 0 Å². The highest BCUT2D eigenvalue weighted by Gasteiger charge is 1.96. The lowest BCUT2D eigenvalue weighted by atomic mass is 10.1. The van der Waals surface area contributed by atoms with Crippen molar-refractivity contribution in [2.24, 2.45) is 12.8 Å². The molecule has 0 amide bonds. The van der Waals surface area contributed by atoms with Crippen LogP contribution >= 0.6 is 0 Å². The molecule has 1 aromatic carbocycles. The molecule has 0 saturated carbocycles. The molecule has 2 aromatic rings. The quantitative estimate of drug-likeness (QED) is 0.814. The lowest BCUT2D eigenvalue weighted by Crippen LogP contribution is -2.00. The Labute approximate surface area is 95.1 Å². The Bertz CT molecular complexity index is 444. The predicted octanol–water partition coefficient (Wildman–Crippen LogP) is 1.49. The maximum Gasteiger partial charge on any atom is 0.0729 e. The summed E-state index contributed by atoms with van der Waals surface area (Å²) >= 11 is 0. The molecule has 1 heterocycles. The summed E-state index contributed by atoms with van der Waals surface area (Å²) in [5.41, 5.74) is 8.97. The Hall–Kier alpha value is -1.81. The number of hydrogen-bond acceptors (Lipinski definition) is 3. The molecule has 2 rings (SSSR count). The van der Waals surface area contributed by atoms with E-state index in [9.17, 15) is 0 Å². The molecule has 0 saturated heterocycles. The fourth-order valence-corrected chi connectivity index (χ4v) is 1.51. The summed E-state index contributed by atoms with van der Waals surface area (Å²) in [5, 5.41) is 7.40. The van der Waals surface area contributed by atoms with Gasteiger partial charge >= 0.3 is 0 Å². The summed E-state index contributed by atoms with van der Waals surface area (Å²) < 4.78 is 1.78. The molecule has 3 N–H and O–H groups in total. The zero-order chi connectivity index (χ0) is 11.4. The van der Waals surface area contributed by atoms with Crippen LogP contribution in [0.25, 0.3) is 0 Å². The maximum atomic E-state index is 5.54. The van der Waals surface area contributed by atoms with Crippen LogP contribution in [0.4, 0.5) is 5.69 Å². The number of nitrogens with zero attached hydrogens (tertiary/aromatic N) is 2. The van der Waals surface area contributed by atoms with E-state index in [1.54, 1.807) is 4.68 Å². The number of aryl methyl sites for hydroxylation is 1. The minimum atomic E-state index is 0.594. The fourth-order valence-electron chi connectivity index (χ4n) is 1.51. The second kappa shape index (κ2) is 4.81. The second-order valence-electron chi connectivity index (χ2n) is 3.78. The zero-order valence-corrected chi connectivity index (χ0v) is 9.35. The van der Waals surface area contributed by atoms with Crippen LogP contribution in [-0.4, -0.2) is 9.78 Å². The predicted molar refractivity (Wildman–Crippen MR) is 64.9 cm³/mol. The summed E-state index contributed by atoms with van der Waals surface area (Å²) in [6, 6.07) is 8.29. The third-order valence-electron chi connectivity index (χ3n) is 2.46. The molecule has 16 heavy (non-hydrogen) atoms. The molecule has 0 unspecified atom stereocenters. The van der Waals surface area contributed by atoms with Crippen molar-refractivity contribution >= 4 is 5.69 Å². The van der Waals surface area contributed by atoms with Gasteiger partial charge in [0.05, 0.1) is 11.9 Å². The van der Waals surface area contributed by atoms with E-state index in [1.165, 1.54) is 5.56 Å². The van der Waals surface area contributed by atoms with E-state index in [-0.39, 0.29) is 0 Å². The molecule has 0 spiro atoms. The summed E-state index contributed by atoms with van der Waals surface area (Å²) in [6.45, 7) is 1.40. The van der Waals surface area contributed by atoms with Crippen molar-refractivity contribution in [1.82, 2.24) is 9.78 Å². The van der Waals surface area contributed by atoms with Gasteiger partial charge in [-0.15, -0.1) is 0 Å². The van der Waals surface area contributed by atoms with E-state index < -0.39 is 0 Å². The van der Waals surface area contributed by atoms with Gasteiger partial charge in [-0.05, 0) is 11.1 Å². The van der Waals surface area contributed by atoms with Gasteiger partial charge in [0.2, 0.25) is 0 Å². The van der Waals surface area contributed by atoms with Crippen molar-refractivity contribution in [2.75, 3.05) is 5.32 Å². The van der Waals surface area contributed by atoms with Crippen LogP contribution in [0.15, 0.2) is 36.7 Å². The molecule has 0 bridgehead atoms. The fraction of sp³-hybridized carbons (Fsp3) is 0.250. The van der Waals surface area contributed by atoms with Gasteiger partial charge in [0.15, 0.2) is 0 Å². The normalized spacial score (nSPS) is 10.4. The Morgan fingerprint density at radius 1 is 1.25 bits per heavy atom. The largest absolute Gasteiger partial charge is 0.378 e. The number of aromatic nitrogens is 2. The zero-order valence-electron chi connectivity index (χ0n) is 9.35. The highest BCUT2D eigenvalue weighted by Crippen LogP contribution is 2.08. The molecule has 0 aliphatic rings. The Kier molecular flexibility index (Phi) is 3.22. The maximum absolute atomic E-state index is 5.54. The van der Waals surface area contributed by atoms with Gasteiger partial charge in [-0.25, -0.2) is 0 Å². The van der Waals surface area contributed by atoms with E-state index in [0.717, 1.165) is 17.8 Å². The molecular formula is C12H16N4. The van der Waals surface area contributed by atoms with Crippen LogP contribution in [0.2, 0.25) is 0 Å². The van der Waals surface area contributed by atoms with E-state index in [2.05, 4.69) is 34.7 Å². The van der Waals surface area contributed by atoms with Crippen LogP contribution in [0.1, 0.15) is 11.1 Å². The molecule has 84 valence electrons. The van der Waals surface area contributed by atoms with E-state index in [1.807, 2.05) is 19.4 Å². The van der Waals surface area contributed by atoms with Crippen molar-refractivity contribution in [3.05, 3.63) is 47.8 Å². The van der Waals surface area contributed by atoms with Crippen LogP contribution in [-0.2, 0) is 20.1 Å². The highest BCUT2D eigenvalue weighted by atomic mass is 15.3. The van der Waals surface area contributed by atoms with Crippen LogP contribution in [0.5, 0.6) is 0 Å². The lowest BCUT2D eigenvalue weighted by molar-refractivity contribution is 0.768. The molecule has 0 fully saturated rings. The number of benzene rings is 1. The van der Waals surface area contributed by atoms with Crippen molar-refractivity contribution in [3.63, 3.8) is 0 Å². The summed E-state index contributed by atoms with van der Waals surface area (Å²) in [6.07, 6.45) is 3.77. The van der Waals surface area contributed by atoms with Crippen molar-refractivity contribution < 1.29 is 0 Å². The molecule has 0 atom stereocenters. The smallest absolute Gasteiger partial charge is 0.0729 e. The lowest BCUT2D eigenvalue weighted by Gasteiger charge is -2.04. The van der Waals surface area contributed by atoms with Crippen LogP contribution in [0, 0.1) is 0 Å². The van der Waals surface area contributed by atoms with Gasteiger partial charge < -0.3 is 11.1 Å². The number of hydrogen-bond donors (Lipinski definition) is 2. The summed E-state index contributed by atoms with van der Waals surface area (Å²) in [5.74, 6) is 0. The first-order valence-corrected chi connectivity index (χ1v) is 5.28. The molecule has 0 radical (unpaired) electrons. The first-order valence-electron chi connectivity index (χ1n) is 5.28. The van der Waals surface area contributed by atoms with E-state index in [0.29, 0.717) is 6.54 Å². The standard InChI is InChI=1S/C12H16N4/c1-16-9-12(8-15-16)14-7-11-4-2-10(6-13)3-5-11/h2-5,8-9,14H,6-7,13H2,1H3. The molecule has 1 aromatic heterocycles. The third-order valence-corrected chi connectivity index (χ3v) is 2.46. The first-order chi connectivity index (χ1) is 7.78. The van der Waals surface area contributed by atoms with Crippen molar-refractivity contribution in [1.29, 1.82) is 0 Å². The van der Waals surface area contributed by atoms with Crippen molar-refractivity contribution in [3.8, 4) is 0 Å². The van der Waals surface area contributed by atoms with Gasteiger partial charge in [-0.2, -0.15) is 5.10 Å². The number of anilines is 1. The Morgan fingerprint density at radius 3 is 2.50 bits per heavy atom. The third kappa shape index (κ3) is 2.61. The van der Waals surface area contributed by atoms with Crippen molar-refractivity contribution in [2.45, 2.75) is 13.1 Å². The SMILES string of the molecule is Cn1cc(NCc2ccc(CN)cc2)cn1. The van der Waals surface area contributed by atoms with E-state index >= 15 is 0 Å². The summed E-state index contributed by atoms with van der Waals surface area (Å²) in [4.78, 5) is 0. The molecule has 0 aliphatic carbocycles.